The molecular formula is C14H17F3N2O5S2. The van der Waals surface area contributed by atoms with Gasteiger partial charge in [0, 0.05) is 25.0 Å². The van der Waals surface area contributed by atoms with E-state index in [-0.39, 0.29) is 30.4 Å². The van der Waals surface area contributed by atoms with Crippen LogP contribution in [0.4, 0.5) is 13.2 Å². The molecule has 2 rings (SSSR count). The fourth-order valence-corrected chi connectivity index (χ4v) is 4.55. The van der Waals surface area contributed by atoms with E-state index in [9.17, 15) is 30.0 Å². The molecule has 1 atom stereocenters. The minimum absolute atomic E-state index is 0.0682. The molecule has 1 aliphatic rings. The SMILES string of the molecule is C=CS(=O)(=O)NCC1CCN(S(=O)(=O)c2ccc(OC(F)(F)F)cc2)C1. The second-order valence-electron chi connectivity index (χ2n) is 5.60. The summed E-state index contributed by atoms with van der Waals surface area (Å²) in [5.74, 6) is -0.734. The van der Waals surface area contributed by atoms with Gasteiger partial charge < -0.3 is 4.74 Å². The third-order valence-electron chi connectivity index (χ3n) is 3.74. The Balaban J connectivity index is 2.03. The molecule has 26 heavy (non-hydrogen) atoms. The smallest absolute Gasteiger partial charge is 0.406 e. The minimum atomic E-state index is -4.86. The van der Waals surface area contributed by atoms with Crippen LogP contribution >= 0.6 is 0 Å². The van der Waals surface area contributed by atoms with Crippen LogP contribution < -0.4 is 9.46 Å². The summed E-state index contributed by atoms with van der Waals surface area (Å²) in [4.78, 5) is -0.167. The number of nitrogens with zero attached hydrogens (tertiary/aromatic N) is 1. The van der Waals surface area contributed by atoms with Crippen molar-refractivity contribution in [3.05, 3.63) is 36.3 Å². The summed E-state index contributed by atoms with van der Waals surface area (Å²) < 4.78 is 91.4. The Morgan fingerprint density at radius 3 is 2.38 bits per heavy atom. The number of sulfonamides is 2. The van der Waals surface area contributed by atoms with Crippen molar-refractivity contribution in [1.29, 1.82) is 0 Å². The van der Waals surface area contributed by atoms with Crippen molar-refractivity contribution in [2.24, 2.45) is 5.92 Å². The Morgan fingerprint density at radius 1 is 1.23 bits per heavy atom. The first-order valence-electron chi connectivity index (χ1n) is 7.41. The minimum Gasteiger partial charge on any atom is -0.406 e. The first kappa shape index (κ1) is 20.7. The molecule has 146 valence electrons. The molecule has 0 saturated carbocycles. The maximum Gasteiger partial charge on any atom is 0.573 e. The number of hydrogen-bond acceptors (Lipinski definition) is 5. The molecule has 0 radical (unpaired) electrons. The molecule has 1 unspecified atom stereocenters. The molecule has 0 aliphatic carbocycles. The van der Waals surface area contributed by atoms with Gasteiger partial charge in [0.2, 0.25) is 20.0 Å². The van der Waals surface area contributed by atoms with Crippen LogP contribution in [0.1, 0.15) is 6.42 Å². The average molecular weight is 414 g/mol. The monoisotopic (exact) mass is 414 g/mol. The molecule has 7 nitrogen and oxygen atoms in total. The first-order valence-corrected chi connectivity index (χ1v) is 10.4. The van der Waals surface area contributed by atoms with E-state index in [1.54, 1.807) is 0 Å². The number of rotatable bonds is 7. The van der Waals surface area contributed by atoms with Gasteiger partial charge in [-0.25, -0.2) is 21.6 Å². The van der Waals surface area contributed by atoms with Gasteiger partial charge in [-0.1, -0.05) is 6.58 Å². The molecule has 1 N–H and O–H groups in total. The van der Waals surface area contributed by atoms with Gasteiger partial charge in [-0.15, -0.1) is 13.2 Å². The van der Waals surface area contributed by atoms with E-state index in [2.05, 4.69) is 16.0 Å². The Bertz CT molecular complexity index is 852. The highest BCUT2D eigenvalue weighted by atomic mass is 32.2. The third-order valence-corrected chi connectivity index (χ3v) is 6.62. The van der Waals surface area contributed by atoms with E-state index in [0.717, 1.165) is 29.7 Å². The lowest BCUT2D eigenvalue weighted by Crippen LogP contribution is -2.32. The van der Waals surface area contributed by atoms with E-state index in [1.807, 2.05) is 0 Å². The van der Waals surface area contributed by atoms with Crippen molar-refractivity contribution in [2.75, 3.05) is 19.6 Å². The van der Waals surface area contributed by atoms with Crippen LogP contribution in [0.5, 0.6) is 5.75 Å². The summed E-state index contributed by atoms with van der Waals surface area (Å²) in [6.45, 7) is 3.52. The highest BCUT2D eigenvalue weighted by Gasteiger charge is 2.34. The molecule has 0 bridgehead atoms. The molecule has 1 heterocycles. The van der Waals surface area contributed by atoms with Gasteiger partial charge >= 0.3 is 6.36 Å². The summed E-state index contributed by atoms with van der Waals surface area (Å²) in [6, 6.07) is 3.91. The van der Waals surface area contributed by atoms with Gasteiger partial charge in [-0.2, -0.15) is 4.31 Å². The molecule has 1 aliphatic heterocycles. The Labute approximate surface area is 149 Å². The van der Waals surface area contributed by atoms with Crippen LogP contribution in [0.3, 0.4) is 0 Å². The lowest BCUT2D eigenvalue weighted by atomic mass is 10.1. The zero-order valence-corrected chi connectivity index (χ0v) is 15.1. The van der Waals surface area contributed by atoms with Crippen molar-refractivity contribution < 1.29 is 34.7 Å². The molecule has 12 heteroatoms. The summed E-state index contributed by atoms with van der Waals surface area (Å²) in [5, 5.41) is 0.765. The topological polar surface area (TPSA) is 92.8 Å². The van der Waals surface area contributed by atoms with Crippen molar-refractivity contribution in [1.82, 2.24) is 9.03 Å². The fourth-order valence-electron chi connectivity index (χ4n) is 2.44. The fraction of sp³-hybridized carbons (Fsp3) is 0.429. The van der Waals surface area contributed by atoms with E-state index in [1.165, 1.54) is 4.31 Å². The number of ether oxygens (including phenoxy) is 1. The average Bonchev–Trinajstić information content (AvgIpc) is 3.02. The predicted octanol–water partition coefficient (Wildman–Crippen LogP) is 1.66. The van der Waals surface area contributed by atoms with Crippen LogP contribution in [0.25, 0.3) is 0 Å². The molecule has 0 amide bonds. The van der Waals surface area contributed by atoms with Crippen LogP contribution in [0.15, 0.2) is 41.1 Å². The molecule has 1 aromatic carbocycles. The maximum atomic E-state index is 12.5. The number of nitrogens with one attached hydrogen (secondary N) is 1. The predicted molar refractivity (Wildman–Crippen MR) is 87.1 cm³/mol. The Hall–Kier alpha value is -1.63. The second kappa shape index (κ2) is 7.55. The second-order valence-corrected chi connectivity index (χ2v) is 9.25. The van der Waals surface area contributed by atoms with Crippen LogP contribution in [0, 0.1) is 5.92 Å². The van der Waals surface area contributed by atoms with Crippen molar-refractivity contribution in [2.45, 2.75) is 17.7 Å². The number of halogens is 3. The van der Waals surface area contributed by atoms with Crippen LogP contribution in [0.2, 0.25) is 0 Å². The standard InChI is InChI=1S/C14H17F3N2O5S2/c1-2-25(20,21)18-9-11-7-8-19(10-11)26(22,23)13-5-3-12(4-6-13)24-14(15,16)17/h2-6,11,18H,1,7-10H2. The van der Waals surface area contributed by atoms with Crippen LogP contribution in [-0.2, 0) is 20.0 Å². The molecule has 0 spiro atoms. The molecule has 1 aromatic rings. The summed E-state index contributed by atoms with van der Waals surface area (Å²) in [7, 11) is -7.48. The first-order chi connectivity index (χ1) is 11.9. The highest BCUT2D eigenvalue weighted by molar-refractivity contribution is 7.92. The van der Waals surface area contributed by atoms with Crippen molar-refractivity contribution in [3.63, 3.8) is 0 Å². The quantitative estimate of drug-likeness (QED) is 0.733. The van der Waals surface area contributed by atoms with Gasteiger partial charge in [0.05, 0.1) is 4.90 Å². The molecule has 1 fully saturated rings. The molecule has 0 aromatic heterocycles. The van der Waals surface area contributed by atoms with Crippen molar-refractivity contribution >= 4 is 20.0 Å². The summed E-state index contributed by atoms with van der Waals surface area (Å²) in [6.07, 6.45) is -4.41. The van der Waals surface area contributed by atoms with Crippen molar-refractivity contribution in [3.8, 4) is 5.75 Å². The summed E-state index contributed by atoms with van der Waals surface area (Å²) in [5.41, 5.74) is 0. The highest BCUT2D eigenvalue weighted by Crippen LogP contribution is 2.27. The van der Waals surface area contributed by atoms with E-state index in [4.69, 9.17) is 0 Å². The van der Waals surface area contributed by atoms with E-state index >= 15 is 0 Å². The van der Waals surface area contributed by atoms with E-state index in [0.29, 0.717) is 6.42 Å². The van der Waals surface area contributed by atoms with Gasteiger partial charge in [0.1, 0.15) is 5.75 Å². The molecular weight excluding hydrogens is 397 g/mol. The Morgan fingerprint density at radius 2 is 1.85 bits per heavy atom. The maximum absolute atomic E-state index is 12.5. The lowest BCUT2D eigenvalue weighted by Gasteiger charge is -2.17. The number of alkyl halides is 3. The number of hydrogen-bond donors (Lipinski definition) is 1. The zero-order chi connectivity index (χ0) is 19.6. The van der Waals surface area contributed by atoms with Gasteiger partial charge in [0.25, 0.3) is 0 Å². The Kier molecular flexibility index (Phi) is 6.00. The van der Waals surface area contributed by atoms with E-state index < -0.39 is 32.2 Å². The van der Waals surface area contributed by atoms with Gasteiger partial charge in [-0.3, -0.25) is 0 Å². The molecule has 1 saturated heterocycles. The van der Waals surface area contributed by atoms with Gasteiger partial charge in [-0.05, 0) is 36.6 Å². The van der Waals surface area contributed by atoms with Gasteiger partial charge in [0.15, 0.2) is 0 Å². The normalized spacial score (nSPS) is 19.4. The third kappa shape index (κ3) is 5.43. The number of benzene rings is 1. The largest absolute Gasteiger partial charge is 0.573 e. The zero-order valence-electron chi connectivity index (χ0n) is 13.4. The van der Waals surface area contributed by atoms with Crippen LogP contribution in [-0.4, -0.2) is 47.1 Å². The lowest BCUT2D eigenvalue weighted by molar-refractivity contribution is -0.274. The summed E-state index contributed by atoms with van der Waals surface area (Å²) >= 11 is 0.